The zero-order chi connectivity index (χ0) is 15.1. The lowest BCUT2D eigenvalue weighted by Crippen LogP contribution is -2.47. The van der Waals surface area contributed by atoms with Crippen molar-refractivity contribution in [1.29, 1.82) is 0 Å². The van der Waals surface area contributed by atoms with E-state index in [2.05, 4.69) is 5.32 Å². The van der Waals surface area contributed by atoms with Gasteiger partial charge >= 0.3 is 12.0 Å². The number of primary sulfonamides is 1. The van der Waals surface area contributed by atoms with E-state index in [9.17, 15) is 22.8 Å². The van der Waals surface area contributed by atoms with Crippen LogP contribution in [0.5, 0.6) is 0 Å². The Morgan fingerprint density at radius 2 is 1.79 bits per heavy atom. The molecule has 0 bridgehead atoms. The van der Waals surface area contributed by atoms with Crippen molar-refractivity contribution < 1.29 is 27.9 Å². The van der Waals surface area contributed by atoms with Gasteiger partial charge in [0.15, 0.2) is 0 Å². The number of rotatable bonds is 8. The number of nitrogens with one attached hydrogen (secondary N) is 1. The van der Waals surface area contributed by atoms with Gasteiger partial charge in [0.25, 0.3) is 0 Å². The number of carboxylic acids is 1. The normalized spacial score (nSPS) is 10.8. The monoisotopic (exact) mass is 296 g/mol. The zero-order valence-corrected chi connectivity index (χ0v) is 10.9. The summed E-state index contributed by atoms with van der Waals surface area (Å²) in [6, 6.07) is -0.824. The molecule has 0 aromatic carbocycles. The molecule has 3 amide bonds. The van der Waals surface area contributed by atoms with Gasteiger partial charge in [-0.1, -0.05) is 0 Å². The molecule has 0 saturated heterocycles. The van der Waals surface area contributed by atoms with E-state index in [0.717, 1.165) is 0 Å². The summed E-state index contributed by atoms with van der Waals surface area (Å²) in [7, 11) is -3.61. The maximum absolute atomic E-state index is 11.5. The number of amides is 3. The molecule has 0 fully saturated rings. The lowest BCUT2D eigenvalue weighted by molar-refractivity contribution is -0.137. The van der Waals surface area contributed by atoms with E-state index >= 15 is 0 Å². The summed E-state index contributed by atoms with van der Waals surface area (Å²) in [5, 5.41) is 15.6. The summed E-state index contributed by atoms with van der Waals surface area (Å²) in [6.07, 6.45) is 0.0715. The van der Waals surface area contributed by atoms with E-state index in [1.165, 1.54) is 0 Å². The number of hydrogen-bond donors (Lipinski definition) is 4. The highest BCUT2D eigenvalue weighted by atomic mass is 32.2. The summed E-state index contributed by atoms with van der Waals surface area (Å²) in [6.45, 7) is -1.26. The van der Waals surface area contributed by atoms with Crippen molar-refractivity contribution in [2.75, 3.05) is 25.4 Å². The molecule has 0 aliphatic carbocycles. The predicted molar refractivity (Wildman–Crippen MR) is 64.4 cm³/mol. The molecule has 110 valence electrons. The molecule has 0 spiro atoms. The lowest BCUT2D eigenvalue weighted by atomic mass is 10.4. The minimum Gasteiger partial charge on any atom is -0.480 e. The van der Waals surface area contributed by atoms with Crippen molar-refractivity contribution in [3.63, 3.8) is 0 Å². The molecule has 0 heterocycles. The Balaban J connectivity index is 4.24. The molecule has 0 rings (SSSR count). The molecule has 6 N–H and O–H groups in total. The topological polar surface area (TPSA) is 173 Å². The second kappa shape index (κ2) is 7.53. The molecule has 10 nitrogen and oxygen atoms in total. The van der Waals surface area contributed by atoms with E-state index in [4.69, 9.17) is 16.0 Å². The second-order valence-corrected chi connectivity index (χ2v) is 5.40. The number of primary amides is 1. The van der Waals surface area contributed by atoms with Crippen LogP contribution in [0.1, 0.15) is 6.42 Å². The fourth-order valence-electron chi connectivity index (χ4n) is 1.13. The van der Waals surface area contributed by atoms with Gasteiger partial charge in [0.05, 0.1) is 5.75 Å². The summed E-state index contributed by atoms with van der Waals surface area (Å²) in [5.41, 5.74) is 4.87. The van der Waals surface area contributed by atoms with Crippen molar-refractivity contribution in [2.45, 2.75) is 6.42 Å². The van der Waals surface area contributed by atoms with E-state index in [1.54, 1.807) is 0 Å². The third kappa shape index (κ3) is 9.79. The summed E-state index contributed by atoms with van der Waals surface area (Å²) < 4.78 is 21.2. The highest BCUT2D eigenvalue weighted by Crippen LogP contribution is 1.91. The quantitative estimate of drug-likeness (QED) is 0.353. The van der Waals surface area contributed by atoms with Crippen molar-refractivity contribution in [3.05, 3.63) is 0 Å². The van der Waals surface area contributed by atoms with Crippen LogP contribution < -0.4 is 16.2 Å². The SMILES string of the molecule is NC(=O)CN(CC(=O)O)C(=O)NCCCS(N)(=O)=O. The number of nitrogens with zero attached hydrogens (tertiary/aromatic N) is 1. The first kappa shape index (κ1) is 17.1. The Morgan fingerprint density at radius 1 is 1.21 bits per heavy atom. The van der Waals surface area contributed by atoms with Crippen molar-refractivity contribution in [1.82, 2.24) is 10.2 Å². The Labute approximate surface area is 109 Å². The Bertz CT molecular complexity index is 432. The van der Waals surface area contributed by atoms with Crippen molar-refractivity contribution in [3.8, 4) is 0 Å². The highest BCUT2D eigenvalue weighted by molar-refractivity contribution is 7.89. The first-order valence-corrected chi connectivity index (χ1v) is 6.86. The summed E-state index contributed by atoms with van der Waals surface area (Å²) in [5.74, 6) is -2.48. The van der Waals surface area contributed by atoms with Gasteiger partial charge in [0.2, 0.25) is 15.9 Å². The van der Waals surface area contributed by atoms with Crippen LogP contribution >= 0.6 is 0 Å². The zero-order valence-electron chi connectivity index (χ0n) is 10.0. The maximum atomic E-state index is 11.5. The van der Waals surface area contributed by atoms with Crippen LogP contribution in [0.25, 0.3) is 0 Å². The molecular formula is C8H16N4O6S. The number of urea groups is 1. The van der Waals surface area contributed by atoms with Gasteiger partial charge in [-0.2, -0.15) is 0 Å². The highest BCUT2D eigenvalue weighted by Gasteiger charge is 2.18. The number of hydrogen-bond acceptors (Lipinski definition) is 5. The minimum atomic E-state index is -3.61. The molecule has 19 heavy (non-hydrogen) atoms. The van der Waals surface area contributed by atoms with E-state index in [-0.39, 0.29) is 18.7 Å². The largest absolute Gasteiger partial charge is 0.480 e. The van der Waals surface area contributed by atoms with Gasteiger partial charge < -0.3 is 21.1 Å². The molecule has 11 heteroatoms. The molecular weight excluding hydrogens is 280 g/mol. The summed E-state index contributed by atoms with van der Waals surface area (Å²) in [4.78, 5) is 33.4. The fraction of sp³-hybridized carbons (Fsp3) is 0.625. The van der Waals surface area contributed by atoms with E-state index < -0.39 is 41.0 Å². The standard InChI is InChI=1S/C8H16N4O6S/c9-6(13)4-12(5-7(14)15)8(16)11-2-1-3-19(10,17)18/h1-5H2,(H2,9,13)(H,11,16)(H,14,15)(H2,10,17,18). The van der Waals surface area contributed by atoms with Crippen LogP contribution in [0, 0.1) is 0 Å². The average Bonchev–Trinajstić information content (AvgIpc) is 2.20. The number of nitrogens with two attached hydrogens (primary N) is 2. The van der Waals surface area contributed by atoms with Gasteiger partial charge in [-0.15, -0.1) is 0 Å². The van der Waals surface area contributed by atoms with Crippen molar-refractivity contribution >= 4 is 27.9 Å². The van der Waals surface area contributed by atoms with Gasteiger partial charge in [-0.05, 0) is 6.42 Å². The smallest absolute Gasteiger partial charge is 0.323 e. The van der Waals surface area contributed by atoms with Gasteiger partial charge in [-0.25, -0.2) is 18.4 Å². The van der Waals surface area contributed by atoms with Crippen LogP contribution in [-0.4, -0.2) is 61.7 Å². The van der Waals surface area contributed by atoms with Gasteiger partial charge in [-0.3, -0.25) is 9.59 Å². The van der Waals surface area contributed by atoms with Gasteiger partial charge in [0.1, 0.15) is 13.1 Å². The van der Waals surface area contributed by atoms with Gasteiger partial charge in [0, 0.05) is 6.54 Å². The first-order chi connectivity index (χ1) is 8.61. The molecule has 0 radical (unpaired) electrons. The predicted octanol–water partition coefficient (Wildman–Crippen LogP) is -2.75. The number of aliphatic carboxylic acids is 1. The van der Waals surface area contributed by atoms with Crippen molar-refractivity contribution in [2.24, 2.45) is 10.9 Å². The van der Waals surface area contributed by atoms with Crippen LogP contribution in [0.15, 0.2) is 0 Å². The van der Waals surface area contributed by atoms with Crippen LogP contribution in [0.3, 0.4) is 0 Å². The molecule has 0 saturated carbocycles. The Kier molecular flexibility index (Phi) is 6.79. The molecule has 0 aromatic rings. The number of carbonyl (C=O) groups excluding carboxylic acids is 2. The maximum Gasteiger partial charge on any atom is 0.323 e. The third-order valence-corrected chi connectivity index (χ3v) is 2.70. The lowest BCUT2D eigenvalue weighted by Gasteiger charge is -2.19. The van der Waals surface area contributed by atoms with E-state index in [1.807, 2.05) is 0 Å². The third-order valence-electron chi connectivity index (χ3n) is 1.84. The van der Waals surface area contributed by atoms with Crippen LogP contribution in [-0.2, 0) is 19.6 Å². The molecule has 0 unspecified atom stereocenters. The average molecular weight is 296 g/mol. The Hall–Kier alpha value is -1.88. The van der Waals surface area contributed by atoms with Crippen LogP contribution in [0.2, 0.25) is 0 Å². The molecule has 0 aromatic heterocycles. The fourth-order valence-corrected chi connectivity index (χ4v) is 1.68. The first-order valence-electron chi connectivity index (χ1n) is 5.15. The Morgan fingerprint density at radius 3 is 2.21 bits per heavy atom. The molecule has 0 aliphatic rings. The number of carboxylic acid groups (broad SMARTS) is 1. The summed E-state index contributed by atoms with van der Waals surface area (Å²) >= 11 is 0. The molecule has 0 aliphatic heterocycles. The number of sulfonamides is 1. The van der Waals surface area contributed by atoms with E-state index in [0.29, 0.717) is 4.90 Å². The van der Waals surface area contributed by atoms with Crippen LogP contribution in [0.4, 0.5) is 4.79 Å². The second-order valence-electron chi connectivity index (χ2n) is 3.67. The minimum absolute atomic E-state index is 0.0237. The number of carbonyl (C=O) groups is 3. The molecule has 0 atom stereocenters.